The number of carboxylic acid groups (broad SMARTS) is 1. The lowest BCUT2D eigenvalue weighted by Gasteiger charge is -2.39. The molecule has 0 aliphatic carbocycles. The number of fused-ring (bicyclic) bond motifs is 1. The summed E-state index contributed by atoms with van der Waals surface area (Å²) in [6.45, 7) is 5.51. The molecule has 9 nitrogen and oxygen atoms in total. The van der Waals surface area contributed by atoms with E-state index in [0.29, 0.717) is 58.2 Å². The molecular weight excluding hydrogens is 520 g/mol. The molecule has 0 bridgehead atoms. The summed E-state index contributed by atoms with van der Waals surface area (Å²) in [5, 5.41) is 12.4. The fourth-order valence-electron chi connectivity index (χ4n) is 6.53. The van der Waals surface area contributed by atoms with Gasteiger partial charge in [-0.2, -0.15) is 0 Å². The van der Waals surface area contributed by atoms with Crippen molar-refractivity contribution in [2.45, 2.75) is 69.9 Å². The third-order valence-electron chi connectivity index (χ3n) is 8.97. The van der Waals surface area contributed by atoms with E-state index in [4.69, 9.17) is 0 Å². The average molecular weight is 561 g/mol. The van der Waals surface area contributed by atoms with Gasteiger partial charge in [0.05, 0.1) is 11.3 Å². The largest absolute Gasteiger partial charge is 0.465 e. The number of hydrogen-bond acceptors (Lipinski definition) is 4. The van der Waals surface area contributed by atoms with Crippen molar-refractivity contribution >= 4 is 29.5 Å². The molecule has 2 aromatic carbocycles. The zero-order chi connectivity index (χ0) is 29.1. The summed E-state index contributed by atoms with van der Waals surface area (Å²) in [7, 11) is 0. The lowest BCUT2D eigenvalue weighted by atomic mass is 9.86. The van der Waals surface area contributed by atoms with Crippen molar-refractivity contribution in [3.63, 3.8) is 0 Å². The van der Waals surface area contributed by atoms with Gasteiger partial charge in [-0.05, 0) is 69.6 Å². The Morgan fingerprint density at radius 3 is 2.34 bits per heavy atom. The molecule has 0 radical (unpaired) electrons. The first-order valence-electron chi connectivity index (χ1n) is 14.7. The van der Waals surface area contributed by atoms with Crippen LogP contribution in [0.1, 0.15) is 57.1 Å². The number of nitrogens with one attached hydrogen (secondary N) is 1. The number of rotatable bonds is 7. The van der Waals surface area contributed by atoms with Crippen molar-refractivity contribution in [2.24, 2.45) is 5.92 Å². The summed E-state index contributed by atoms with van der Waals surface area (Å²) >= 11 is 0. The number of benzene rings is 2. The van der Waals surface area contributed by atoms with Crippen LogP contribution in [0.3, 0.4) is 0 Å². The van der Waals surface area contributed by atoms with Crippen LogP contribution in [0.2, 0.25) is 0 Å². The van der Waals surface area contributed by atoms with Gasteiger partial charge in [-0.25, -0.2) is 4.79 Å². The summed E-state index contributed by atoms with van der Waals surface area (Å²) in [4.78, 5) is 57.0. The van der Waals surface area contributed by atoms with Crippen LogP contribution in [-0.2, 0) is 26.2 Å². The number of amides is 4. The summed E-state index contributed by atoms with van der Waals surface area (Å²) in [6, 6.07) is 17.1. The number of piperidine rings is 2. The average Bonchev–Trinajstić information content (AvgIpc) is 3.20. The van der Waals surface area contributed by atoms with E-state index in [1.165, 1.54) is 4.90 Å². The first kappa shape index (κ1) is 28.6. The summed E-state index contributed by atoms with van der Waals surface area (Å²) in [5.41, 5.74) is 2.51. The predicted octanol–water partition coefficient (Wildman–Crippen LogP) is 3.81. The molecule has 3 heterocycles. The van der Waals surface area contributed by atoms with E-state index in [-0.39, 0.29) is 30.3 Å². The fraction of sp³-hybridized carbons (Fsp3) is 0.500. The Labute approximate surface area is 241 Å². The summed E-state index contributed by atoms with van der Waals surface area (Å²) < 4.78 is 0. The maximum absolute atomic E-state index is 13.8. The van der Waals surface area contributed by atoms with E-state index in [1.54, 1.807) is 0 Å². The molecule has 0 aromatic heterocycles. The van der Waals surface area contributed by atoms with E-state index in [9.17, 15) is 24.3 Å². The second-order valence-corrected chi connectivity index (χ2v) is 12.0. The Morgan fingerprint density at radius 1 is 0.951 bits per heavy atom. The molecule has 2 aromatic rings. The van der Waals surface area contributed by atoms with Gasteiger partial charge < -0.3 is 25.1 Å². The Morgan fingerprint density at radius 2 is 1.63 bits per heavy atom. The number of para-hydroxylation sites is 1. The van der Waals surface area contributed by atoms with Crippen LogP contribution in [0.25, 0.3) is 0 Å². The second kappa shape index (κ2) is 11.9. The number of carbonyl (C=O) groups is 4. The van der Waals surface area contributed by atoms with Crippen molar-refractivity contribution in [2.75, 3.05) is 31.1 Å². The van der Waals surface area contributed by atoms with Gasteiger partial charge in [0.15, 0.2) is 0 Å². The lowest BCUT2D eigenvalue weighted by molar-refractivity contribution is -0.139. The molecule has 2 saturated heterocycles. The molecule has 5 rings (SSSR count). The van der Waals surface area contributed by atoms with Gasteiger partial charge in [-0.15, -0.1) is 0 Å². The van der Waals surface area contributed by atoms with Crippen molar-refractivity contribution in [3.05, 3.63) is 65.7 Å². The van der Waals surface area contributed by atoms with E-state index >= 15 is 0 Å². The van der Waals surface area contributed by atoms with Crippen molar-refractivity contribution in [1.29, 1.82) is 0 Å². The Hall–Kier alpha value is -3.88. The third kappa shape index (κ3) is 5.94. The van der Waals surface area contributed by atoms with E-state index in [0.717, 1.165) is 16.8 Å². The number of aryl methyl sites for hydroxylation is 1. The number of carbonyl (C=O) groups excluding carboxylic acids is 3. The van der Waals surface area contributed by atoms with Crippen LogP contribution in [0, 0.1) is 5.92 Å². The van der Waals surface area contributed by atoms with Crippen molar-refractivity contribution in [3.8, 4) is 0 Å². The van der Waals surface area contributed by atoms with Crippen LogP contribution < -0.4 is 10.2 Å². The third-order valence-corrected chi connectivity index (χ3v) is 8.97. The number of hydrogen-bond donors (Lipinski definition) is 2. The molecule has 3 aliphatic heterocycles. The predicted molar refractivity (Wildman–Crippen MR) is 156 cm³/mol. The first-order valence-corrected chi connectivity index (χ1v) is 14.7. The molecule has 2 unspecified atom stereocenters. The normalized spacial score (nSPS) is 21.4. The van der Waals surface area contributed by atoms with Crippen LogP contribution in [0.4, 0.5) is 10.5 Å². The highest BCUT2D eigenvalue weighted by atomic mass is 16.4. The van der Waals surface area contributed by atoms with Gasteiger partial charge in [0.1, 0.15) is 6.04 Å². The molecular formula is C32H40N4O5. The molecule has 3 aliphatic rings. The highest BCUT2D eigenvalue weighted by Crippen LogP contribution is 2.43. The molecule has 0 spiro atoms. The summed E-state index contributed by atoms with van der Waals surface area (Å²) in [5.74, 6) is -0.757. The van der Waals surface area contributed by atoms with Crippen LogP contribution in [0.15, 0.2) is 54.6 Å². The number of anilines is 1. The lowest BCUT2D eigenvalue weighted by Crippen LogP contribution is -2.55. The molecule has 2 atom stereocenters. The van der Waals surface area contributed by atoms with Crippen molar-refractivity contribution < 1.29 is 24.3 Å². The van der Waals surface area contributed by atoms with Crippen LogP contribution in [-0.4, -0.2) is 77.0 Å². The van der Waals surface area contributed by atoms with Gasteiger partial charge >= 0.3 is 6.09 Å². The zero-order valence-electron chi connectivity index (χ0n) is 23.9. The summed E-state index contributed by atoms with van der Waals surface area (Å²) in [6.07, 6.45) is 2.61. The minimum atomic E-state index is -1.02. The smallest absolute Gasteiger partial charge is 0.407 e. The maximum atomic E-state index is 13.8. The second-order valence-electron chi connectivity index (χ2n) is 12.0. The molecule has 2 fully saturated rings. The SMILES string of the molecule is CC1(C)C(=O)N(C2CCN(C(=O)C(CCc3ccccc3)NC(=O)C3CCCN(C(=O)O)C3)CC2)c2ccccc21. The Bertz CT molecular complexity index is 1290. The molecule has 2 N–H and O–H groups in total. The van der Waals surface area contributed by atoms with Gasteiger partial charge in [0.2, 0.25) is 17.7 Å². The van der Waals surface area contributed by atoms with E-state index in [2.05, 4.69) is 5.32 Å². The topological polar surface area (TPSA) is 110 Å². The highest BCUT2D eigenvalue weighted by Gasteiger charge is 2.47. The van der Waals surface area contributed by atoms with Crippen LogP contribution in [0.5, 0.6) is 0 Å². The van der Waals surface area contributed by atoms with Crippen molar-refractivity contribution in [1.82, 2.24) is 15.1 Å². The maximum Gasteiger partial charge on any atom is 0.407 e. The van der Waals surface area contributed by atoms with E-state index in [1.807, 2.05) is 78.2 Å². The standard InChI is InChI=1S/C32H40N4O5/c1-32(2)25-12-6-7-13-27(25)36(30(32)39)24-16-19-34(20-17-24)29(38)26(15-14-22-9-4-3-5-10-22)33-28(37)23-11-8-18-35(21-23)31(40)41/h3-7,9-10,12-13,23-24,26H,8,11,14-21H2,1-2H3,(H,33,37)(H,40,41). The van der Waals surface area contributed by atoms with Gasteiger partial charge in [0, 0.05) is 37.9 Å². The minimum Gasteiger partial charge on any atom is -0.465 e. The van der Waals surface area contributed by atoms with Gasteiger partial charge in [-0.1, -0.05) is 48.5 Å². The first-order chi connectivity index (χ1) is 19.7. The molecule has 0 saturated carbocycles. The monoisotopic (exact) mass is 560 g/mol. The minimum absolute atomic E-state index is 0.0103. The molecule has 9 heteroatoms. The molecule has 4 amide bonds. The number of likely N-dealkylation sites (tertiary alicyclic amines) is 2. The van der Waals surface area contributed by atoms with Gasteiger partial charge in [0.25, 0.3) is 0 Å². The molecule has 218 valence electrons. The molecule has 41 heavy (non-hydrogen) atoms. The van der Waals surface area contributed by atoms with Gasteiger partial charge in [-0.3, -0.25) is 14.4 Å². The Balaban J connectivity index is 1.26. The number of nitrogens with zero attached hydrogens (tertiary/aromatic N) is 3. The van der Waals surface area contributed by atoms with E-state index < -0.39 is 23.5 Å². The highest BCUT2D eigenvalue weighted by molar-refractivity contribution is 6.08. The Kier molecular flexibility index (Phi) is 8.33. The van der Waals surface area contributed by atoms with Crippen LogP contribution >= 0.6 is 0 Å². The fourth-order valence-corrected chi connectivity index (χ4v) is 6.53. The zero-order valence-corrected chi connectivity index (χ0v) is 23.9. The quantitative estimate of drug-likeness (QED) is 0.535.